The third-order valence-electron chi connectivity index (χ3n) is 6.27. The van der Waals surface area contributed by atoms with Gasteiger partial charge in [0.1, 0.15) is 23.9 Å². The lowest BCUT2D eigenvalue weighted by atomic mass is 9.97. The Labute approximate surface area is 204 Å². The molecule has 4 rings (SSSR count). The first-order valence-electron chi connectivity index (χ1n) is 11.6. The standard InChI is InChI=1S/C26H30FN3O5/c1-33-13-12-29(26(32)18-4-5-18)16-25(31)30-23(17-6-8-19(27)9-7-17)15-22(28-30)21-11-10-20(34-2)14-24(21)35-3/h6-11,14,18,23H,4-5,12-13,15-16H2,1-3H3/t23-/m0/s1. The topological polar surface area (TPSA) is 80.7 Å². The van der Waals surface area contributed by atoms with Crippen LogP contribution < -0.4 is 9.47 Å². The summed E-state index contributed by atoms with van der Waals surface area (Å²) in [5.74, 6) is 0.485. The van der Waals surface area contributed by atoms with Crippen LogP contribution >= 0.6 is 0 Å². The van der Waals surface area contributed by atoms with Gasteiger partial charge < -0.3 is 19.1 Å². The van der Waals surface area contributed by atoms with E-state index in [9.17, 15) is 14.0 Å². The molecular formula is C26H30FN3O5. The van der Waals surface area contributed by atoms with Crippen LogP contribution in [0.1, 0.15) is 36.4 Å². The predicted octanol–water partition coefficient (Wildman–Crippen LogP) is 3.41. The van der Waals surface area contributed by atoms with Gasteiger partial charge in [-0.25, -0.2) is 9.40 Å². The Balaban J connectivity index is 1.64. The Morgan fingerprint density at radius 2 is 1.83 bits per heavy atom. The Morgan fingerprint density at radius 1 is 1.09 bits per heavy atom. The first-order chi connectivity index (χ1) is 16.9. The van der Waals surface area contributed by atoms with E-state index in [2.05, 4.69) is 5.10 Å². The number of nitrogens with zero attached hydrogens (tertiary/aromatic N) is 3. The van der Waals surface area contributed by atoms with Gasteiger partial charge in [-0.1, -0.05) is 12.1 Å². The van der Waals surface area contributed by atoms with E-state index in [0.29, 0.717) is 36.8 Å². The van der Waals surface area contributed by atoms with Gasteiger partial charge in [-0.15, -0.1) is 0 Å². The maximum atomic E-state index is 13.6. The molecule has 0 radical (unpaired) electrons. The molecule has 1 aliphatic heterocycles. The van der Waals surface area contributed by atoms with Crippen molar-refractivity contribution in [3.05, 3.63) is 59.4 Å². The van der Waals surface area contributed by atoms with Crippen molar-refractivity contribution in [2.75, 3.05) is 41.0 Å². The van der Waals surface area contributed by atoms with Crippen LogP contribution in [-0.2, 0) is 14.3 Å². The lowest BCUT2D eigenvalue weighted by Gasteiger charge is -2.27. The van der Waals surface area contributed by atoms with Crippen LogP contribution in [0, 0.1) is 11.7 Å². The molecule has 1 saturated carbocycles. The van der Waals surface area contributed by atoms with Crippen LogP contribution in [0.25, 0.3) is 0 Å². The van der Waals surface area contributed by atoms with Crippen LogP contribution in [0.15, 0.2) is 47.6 Å². The third-order valence-corrected chi connectivity index (χ3v) is 6.27. The van der Waals surface area contributed by atoms with Crippen LogP contribution in [0.5, 0.6) is 11.5 Å². The van der Waals surface area contributed by atoms with Crippen molar-refractivity contribution >= 4 is 17.5 Å². The number of amides is 2. The molecule has 1 atom stereocenters. The van der Waals surface area contributed by atoms with Gasteiger partial charge in [0.2, 0.25) is 5.91 Å². The Morgan fingerprint density at radius 3 is 2.46 bits per heavy atom. The molecule has 0 N–H and O–H groups in total. The summed E-state index contributed by atoms with van der Waals surface area (Å²) < 4.78 is 29.6. The second-order valence-corrected chi connectivity index (χ2v) is 8.65. The highest BCUT2D eigenvalue weighted by Crippen LogP contribution is 2.37. The highest BCUT2D eigenvalue weighted by Gasteiger charge is 2.38. The second kappa shape index (κ2) is 10.9. The molecule has 2 aromatic carbocycles. The molecule has 0 bridgehead atoms. The first-order valence-corrected chi connectivity index (χ1v) is 11.6. The summed E-state index contributed by atoms with van der Waals surface area (Å²) in [4.78, 5) is 27.8. The minimum Gasteiger partial charge on any atom is -0.497 e. The van der Waals surface area contributed by atoms with E-state index >= 15 is 0 Å². The number of carbonyl (C=O) groups is 2. The number of hydrogen-bond acceptors (Lipinski definition) is 6. The van der Waals surface area contributed by atoms with Crippen molar-refractivity contribution in [3.63, 3.8) is 0 Å². The average molecular weight is 484 g/mol. The molecular weight excluding hydrogens is 453 g/mol. The summed E-state index contributed by atoms with van der Waals surface area (Å²) in [6.07, 6.45) is 2.10. The summed E-state index contributed by atoms with van der Waals surface area (Å²) in [6.45, 7) is 0.563. The lowest BCUT2D eigenvalue weighted by Crippen LogP contribution is -2.43. The number of rotatable bonds is 10. The monoisotopic (exact) mass is 483 g/mol. The number of methoxy groups -OCH3 is 3. The highest BCUT2D eigenvalue weighted by atomic mass is 19.1. The smallest absolute Gasteiger partial charge is 0.262 e. The molecule has 8 nitrogen and oxygen atoms in total. The lowest BCUT2D eigenvalue weighted by molar-refractivity contribution is -0.142. The Bertz CT molecular complexity index is 1100. The molecule has 9 heteroatoms. The molecule has 2 amide bonds. The Hall–Kier alpha value is -3.46. The predicted molar refractivity (Wildman–Crippen MR) is 128 cm³/mol. The molecule has 35 heavy (non-hydrogen) atoms. The van der Waals surface area contributed by atoms with Crippen molar-refractivity contribution in [2.45, 2.75) is 25.3 Å². The summed E-state index contributed by atoms with van der Waals surface area (Å²) in [6, 6.07) is 11.0. The van der Waals surface area contributed by atoms with Crippen LogP contribution in [0.4, 0.5) is 4.39 Å². The molecule has 1 aliphatic carbocycles. The van der Waals surface area contributed by atoms with E-state index in [0.717, 1.165) is 24.0 Å². The maximum Gasteiger partial charge on any atom is 0.262 e. The van der Waals surface area contributed by atoms with Crippen molar-refractivity contribution in [1.29, 1.82) is 0 Å². The van der Waals surface area contributed by atoms with Crippen molar-refractivity contribution in [1.82, 2.24) is 9.91 Å². The van der Waals surface area contributed by atoms with E-state index < -0.39 is 6.04 Å². The zero-order valence-electron chi connectivity index (χ0n) is 20.2. The Kier molecular flexibility index (Phi) is 7.65. The van der Waals surface area contributed by atoms with Gasteiger partial charge in [-0.3, -0.25) is 9.59 Å². The zero-order chi connectivity index (χ0) is 24.9. The minimum atomic E-state index is -0.440. The van der Waals surface area contributed by atoms with Crippen molar-refractivity contribution < 1.29 is 28.2 Å². The fourth-order valence-corrected chi connectivity index (χ4v) is 4.18. The van der Waals surface area contributed by atoms with Crippen molar-refractivity contribution in [3.8, 4) is 11.5 Å². The molecule has 2 aromatic rings. The van der Waals surface area contributed by atoms with E-state index in [-0.39, 0.29) is 30.1 Å². The second-order valence-electron chi connectivity index (χ2n) is 8.65. The molecule has 1 heterocycles. The highest BCUT2D eigenvalue weighted by molar-refractivity contribution is 6.05. The minimum absolute atomic E-state index is 0.0197. The van der Waals surface area contributed by atoms with Crippen LogP contribution in [-0.4, -0.2) is 68.5 Å². The first kappa shape index (κ1) is 24.7. The van der Waals surface area contributed by atoms with E-state index in [4.69, 9.17) is 14.2 Å². The number of hydrazone groups is 1. The number of halogens is 1. The average Bonchev–Trinajstić information content (AvgIpc) is 3.64. The van der Waals surface area contributed by atoms with Crippen LogP contribution in [0.3, 0.4) is 0 Å². The van der Waals surface area contributed by atoms with E-state index in [1.807, 2.05) is 6.07 Å². The van der Waals surface area contributed by atoms with Gasteiger partial charge in [0.05, 0.1) is 32.6 Å². The van der Waals surface area contributed by atoms with Gasteiger partial charge in [-0.05, 0) is 42.7 Å². The molecule has 0 saturated heterocycles. The summed E-state index contributed by atoms with van der Waals surface area (Å²) in [7, 11) is 4.70. The van der Waals surface area contributed by atoms with E-state index in [1.165, 1.54) is 17.1 Å². The normalized spacial score (nSPS) is 17.2. The zero-order valence-corrected chi connectivity index (χ0v) is 20.2. The van der Waals surface area contributed by atoms with E-state index in [1.54, 1.807) is 50.5 Å². The molecule has 1 fully saturated rings. The fourth-order valence-electron chi connectivity index (χ4n) is 4.18. The molecule has 0 aromatic heterocycles. The fraction of sp³-hybridized carbons (Fsp3) is 0.423. The van der Waals surface area contributed by atoms with Gasteiger partial charge in [-0.2, -0.15) is 5.10 Å². The maximum absolute atomic E-state index is 13.6. The van der Waals surface area contributed by atoms with Crippen LogP contribution in [0.2, 0.25) is 0 Å². The largest absolute Gasteiger partial charge is 0.497 e. The summed E-state index contributed by atoms with van der Waals surface area (Å²) in [5.41, 5.74) is 2.15. The number of hydrogen-bond donors (Lipinski definition) is 0. The van der Waals surface area contributed by atoms with Gasteiger partial charge >= 0.3 is 0 Å². The third kappa shape index (κ3) is 5.62. The summed E-state index contributed by atoms with van der Waals surface area (Å²) >= 11 is 0. The molecule has 0 unspecified atom stereocenters. The van der Waals surface area contributed by atoms with Gasteiger partial charge in [0, 0.05) is 37.6 Å². The number of carbonyl (C=O) groups excluding carboxylic acids is 2. The molecule has 0 spiro atoms. The van der Waals surface area contributed by atoms with Crippen molar-refractivity contribution in [2.24, 2.45) is 11.0 Å². The molecule has 186 valence electrons. The van der Waals surface area contributed by atoms with Gasteiger partial charge in [0.15, 0.2) is 0 Å². The number of ether oxygens (including phenoxy) is 3. The molecule has 2 aliphatic rings. The number of benzene rings is 2. The summed E-state index contributed by atoms with van der Waals surface area (Å²) in [5, 5.41) is 6.08. The van der Waals surface area contributed by atoms with Gasteiger partial charge in [0.25, 0.3) is 5.91 Å². The SMILES string of the molecule is COCCN(CC(=O)N1N=C(c2ccc(OC)cc2OC)C[C@H]1c1ccc(F)cc1)C(=O)C1CC1. The quantitative estimate of drug-likeness (QED) is 0.518.